The van der Waals surface area contributed by atoms with E-state index in [1.54, 1.807) is 53.1 Å². The second-order valence-electron chi connectivity index (χ2n) is 7.85. The second-order valence-corrected chi connectivity index (χ2v) is 7.85. The summed E-state index contributed by atoms with van der Waals surface area (Å²) in [7, 11) is 0. The molecule has 0 saturated heterocycles. The quantitative estimate of drug-likeness (QED) is 0.242. The molecule has 0 aliphatic rings. The predicted molar refractivity (Wildman–Crippen MR) is 147 cm³/mol. The molecule has 0 aliphatic carbocycles. The number of para-hydroxylation sites is 2. The lowest BCUT2D eigenvalue weighted by molar-refractivity contribution is 1.13. The lowest BCUT2D eigenvalue weighted by Crippen LogP contribution is -2.01. The second kappa shape index (κ2) is 7.96. The van der Waals surface area contributed by atoms with Crippen molar-refractivity contribution in [2.75, 3.05) is 0 Å². The van der Waals surface area contributed by atoms with Crippen molar-refractivity contribution in [3.63, 3.8) is 0 Å². The number of hydrogen-bond acceptors (Lipinski definition) is 1. The van der Waals surface area contributed by atoms with E-state index in [0.717, 1.165) is 0 Å². The van der Waals surface area contributed by atoms with Crippen LogP contribution in [-0.4, -0.2) is 9.55 Å². The largest absolute Gasteiger partial charge is 0.291 e. The average molecular weight is 460 g/mol. The molecular weight excluding hydrogens is 424 g/mol. The van der Waals surface area contributed by atoms with Crippen molar-refractivity contribution in [2.45, 2.75) is 0 Å². The van der Waals surface area contributed by atoms with Gasteiger partial charge in [-0.1, -0.05) is 121 Å². The van der Waals surface area contributed by atoms with Crippen LogP contribution < -0.4 is 0 Å². The SMILES string of the molecule is [2H]c1c([2H])c([2H])c(-c2c3c([2H])c([2H])c([2H])c([2H])c3c(-n3c(-c4ccccc4)nc4ccccc43)c3c([2H])c([2H])c([2H])c([2H])c23)c([2H])c1[2H]. The first-order chi connectivity index (χ1) is 22.8. The Morgan fingerprint density at radius 1 is 0.543 bits per heavy atom. The number of nitrogens with zero attached hydrogens (tertiary/aromatic N) is 2. The van der Waals surface area contributed by atoms with E-state index in [1.165, 1.54) is 0 Å². The fraction of sp³-hybridized carbons (Fsp3) is 0. The van der Waals surface area contributed by atoms with Gasteiger partial charge in [0.2, 0.25) is 0 Å². The van der Waals surface area contributed by atoms with E-state index in [0.29, 0.717) is 22.4 Å². The molecule has 0 amide bonds. The highest BCUT2D eigenvalue weighted by atomic mass is 15.1. The summed E-state index contributed by atoms with van der Waals surface area (Å²) in [6.45, 7) is 0. The molecular formula is C33H22N2. The highest BCUT2D eigenvalue weighted by Gasteiger charge is 2.21. The maximum atomic E-state index is 9.22. The minimum absolute atomic E-state index is 0.0253. The summed E-state index contributed by atoms with van der Waals surface area (Å²) in [5.41, 5.74) is 0.749. The third-order valence-corrected chi connectivity index (χ3v) is 5.91. The van der Waals surface area contributed by atoms with Gasteiger partial charge in [0, 0.05) is 16.3 Å². The normalized spacial score (nSPS) is 16.6. The summed E-state index contributed by atoms with van der Waals surface area (Å²) >= 11 is 0. The summed E-state index contributed by atoms with van der Waals surface area (Å²) in [6, 6.07) is 7.45. The minimum Gasteiger partial charge on any atom is -0.291 e. The molecule has 0 atom stereocenters. The molecule has 6 aromatic carbocycles. The lowest BCUT2D eigenvalue weighted by Gasteiger charge is -2.20. The Balaban J connectivity index is 1.91. The van der Waals surface area contributed by atoms with E-state index in [1.807, 2.05) is 6.07 Å². The summed E-state index contributed by atoms with van der Waals surface area (Å²) in [5.74, 6) is 0.315. The number of aromatic nitrogens is 2. The lowest BCUT2D eigenvalue weighted by atomic mass is 9.90. The standard InChI is InChI=1S/C33H22N2/c1-3-13-23(14-4-1)31-25-17-7-9-19-27(25)32(28-20-10-8-18-26(28)31)35-30-22-12-11-21-29(30)34-33(35)24-15-5-2-6-16-24/h1-22H/i1D,3D,4D,7D,8D,9D,10D,13D,14D,17D,18D,19D,20D. The number of fused-ring (bicyclic) bond motifs is 3. The van der Waals surface area contributed by atoms with Gasteiger partial charge in [-0.3, -0.25) is 4.57 Å². The van der Waals surface area contributed by atoms with Gasteiger partial charge in [0.1, 0.15) is 5.82 Å². The van der Waals surface area contributed by atoms with Gasteiger partial charge in [0.25, 0.3) is 0 Å². The van der Waals surface area contributed by atoms with Crippen LogP contribution in [0, 0.1) is 0 Å². The van der Waals surface area contributed by atoms with Gasteiger partial charge in [0.05, 0.1) is 34.5 Å². The van der Waals surface area contributed by atoms with Crippen LogP contribution >= 0.6 is 0 Å². The van der Waals surface area contributed by atoms with E-state index in [9.17, 15) is 2.74 Å². The van der Waals surface area contributed by atoms with Gasteiger partial charge in [-0.25, -0.2) is 4.98 Å². The van der Waals surface area contributed by atoms with Gasteiger partial charge in [-0.05, 0) is 34.0 Å². The van der Waals surface area contributed by atoms with Crippen molar-refractivity contribution < 1.29 is 17.8 Å². The topological polar surface area (TPSA) is 17.8 Å². The Morgan fingerprint density at radius 2 is 1.11 bits per heavy atom. The molecule has 0 fully saturated rings. The first-order valence-electron chi connectivity index (χ1n) is 17.4. The van der Waals surface area contributed by atoms with E-state index in [4.69, 9.17) is 20.1 Å². The van der Waals surface area contributed by atoms with Gasteiger partial charge in [-0.15, -0.1) is 0 Å². The molecule has 0 N–H and O–H groups in total. The molecule has 0 bridgehead atoms. The van der Waals surface area contributed by atoms with Crippen LogP contribution in [-0.2, 0) is 0 Å². The molecule has 2 heteroatoms. The minimum atomic E-state index is -0.718. The van der Waals surface area contributed by atoms with Crippen molar-refractivity contribution >= 4 is 32.6 Å². The van der Waals surface area contributed by atoms with Gasteiger partial charge < -0.3 is 0 Å². The monoisotopic (exact) mass is 459 g/mol. The van der Waals surface area contributed by atoms with Crippen LogP contribution in [0.25, 0.3) is 60.8 Å². The molecule has 35 heavy (non-hydrogen) atoms. The van der Waals surface area contributed by atoms with Crippen LogP contribution in [0.3, 0.4) is 0 Å². The van der Waals surface area contributed by atoms with Crippen LogP contribution in [0.2, 0.25) is 0 Å². The molecule has 0 saturated carbocycles. The Hall–Kier alpha value is -4.69. The van der Waals surface area contributed by atoms with Crippen molar-refractivity contribution in [3.05, 3.63) is 133 Å². The van der Waals surface area contributed by atoms with E-state index >= 15 is 0 Å². The summed E-state index contributed by atoms with van der Waals surface area (Å²) in [4.78, 5) is 4.85. The van der Waals surface area contributed by atoms with Crippen molar-refractivity contribution in [3.8, 4) is 28.2 Å². The molecule has 164 valence electrons. The Kier molecular flexibility index (Phi) is 2.44. The van der Waals surface area contributed by atoms with E-state index in [-0.39, 0.29) is 32.8 Å². The molecule has 1 heterocycles. The Labute approximate surface area is 222 Å². The first-order valence-corrected chi connectivity index (χ1v) is 10.9. The highest BCUT2D eigenvalue weighted by Crippen LogP contribution is 2.43. The highest BCUT2D eigenvalue weighted by molar-refractivity contribution is 6.18. The summed E-state index contributed by atoms with van der Waals surface area (Å²) in [5, 5.41) is -0.908. The fourth-order valence-electron chi connectivity index (χ4n) is 4.49. The van der Waals surface area contributed by atoms with Crippen molar-refractivity contribution in [1.29, 1.82) is 0 Å². The molecule has 7 aromatic rings. The summed E-state index contributed by atoms with van der Waals surface area (Å²) < 4.78 is 116. The molecule has 0 radical (unpaired) electrons. The third kappa shape index (κ3) is 3.08. The number of hydrogen-bond donors (Lipinski definition) is 0. The van der Waals surface area contributed by atoms with Gasteiger partial charge >= 0.3 is 0 Å². The Morgan fingerprint density at radius 3 is 1.80 bits per heavy atom. The van der Waals surface area contributed by atoms with Crippen LogP contribution in [0.5, 0.6) is 0 Å². The molecule has 2 nitrogen and oxygen atoms in total. The zero-order chi connectivity index (χ0) is 34.5. The molecule has 7 rings (SSSR count). The average Bonchev–Trinajstić information content (AvgIpc) is 3.48. The smallest absolute Gasteiger partial charge is 0.145 e. The molecule has 0 spiro atoms. The fourth-order valence-corrected chi connectivity index (χ4v) is 4.49. The maximum absolute atomic E-state index is 9.22. The zero-order valence-electron chi connectivity index (χ0n) is 31.1. The van der Waals surface area contributed by atoms with E-state index in [2.05, 4.69) is 0 Å². The van der Waals surface area contributed by atoms with Gasteiger partial charge in [-0.2, -0.15) is 0 Å². The number of imidazole rings is 1. The molecule has 0 aliphatic heterocycles. The maximum Gasteiger partial charge on any atom is 0.145 e. The molecule has 0 unspecified atom stereocenters. The summed E-state index contributed by atoms with van der Waals surface area (Å²) in [6.07, 6.45) is 0. The van der Waals surface area contributed by atoms with Crippen molar-refractivity contribution in [2.24, 2.45) is 0 Å². The van der Waals surface area contributed by atoms with Gasteiger partial charge in [0.15, 0.2) is 0 Å². The Bertz CT molecular complexity index is 2430. The number of benzene rings is 6. The van der Waals surface area contributed by atoms with Crippen molar-refractivity contribution in [1.82, 2.24) is 9.55 Å². The third-order valence-electron chi connectivity index (χ3n) is 5.91. The number of rotatable bonds is 3. The molecule has 1 aromatic heterocycles. The van der Waals surface area contributed by atoms with Crippen LogP contribution in [0.4, 0.5) is 0 Å². The van der Waals surface area contributed by atoms with E-state index < -0.39 is 84.1 Å². The first kappa shape index (κ1) is 10.7. The predicted octanol–water partition coefficient (Wildman–Crippen LogP) is 8.67. The zero-order valence-corrected chi connectivity index (χ0v) is 18.1. The van der Waals surface area contributed by atoms with Crippen LogP contribution in [0.1, 0.15) is 17.8 Å². The van der Waals surface area contributed by atoms with Crippen LogP contribution in [0.15, 0.2) is 133 Å².